The Morgan fingerprint density at radius 1 is 1.00 bits per heavy atom. The summed E-state index contributed by atoms with van der Waals surface area (Å²) in [5.41, 5.74) is 0.843. The maximum atomic E-state index is 13.4. The molecular formula is C20H22F2N2O4S. The molecule has 1 saturated heterocycles. The van der Waals surface area contributed by atoms with Gasteiger partial charge < -0.3 is 9.64 Å². The number of piperazine rings is 1. The van der Waals surface area contributed by atoms with Crippen LogP contribution in [-0.4, -0.2) is 56.3 Å². The van der Waals surface area contributed by atoms with Crippen LogP contribution in [-0.2, 0) is 21.2 Å². The van der Waals surface area contributed by atoms with Gasteiger partial charge in [0.25, 0.3) is 0 Å². The molecule has 2 aromatic rings. The zero-order valence-corrected chi connectivity index (χ0v) is 16.8. The number of halogens is 2. The molecule has 1 aliphatic heterocycles. The SMILES string of the molecule is CCOc1ccc(CC(=O)N2CCN(S(=O)(=O)c3ccc(F)c(F)c3)CC2)cc1. The van der Waals surface area contributed by atoms with Gasteiger partial charge >= 0.3 is 0 Å². The Morgan fingerprint density at radius 2 is 1.66 bits per heavy atom. The first-order chi connectivity index (χ1) is 13.8. The van der Waals surface area contributed by atoms with Gasteiger partial charge in [-0.2, -0.15) is 4.31 Å². The highest BCUT2D eigenvalue weighted by atomic mass is 32.2. The average Bonchev–Trinajstić information content (AvgIpc) is 2.71. The molecule has 1 aliphatic rings. The molecule has 0 aromatic heterocycles. The molecule has 0 aliphatic carbocycles. The van der Waals surface area contributed by atoms with E-state index in [4.69, 9.17) is 4.74 Å². The number of carbonyl (C=O) groups is 1. The lowest BCUT2D eigenvalue weighted by Crippen LogP contribution is -2.50. The van der Waals surface area contributed by atoms with Crippen molar-refractivity contribution in [1.29, 1.82) is 0 Å². The molecule has 0 saturated carbocycles. The van der Waals surface area contributed by atoms with E-state index in [0.29, 0.717) is 12.7 Å². The van der Waals surface area contributed by atoms with Crippen molar-refractivity contribution in [2.24, 2.45) is 0 Å². The third-order valence-electron chi connectivity index (χ3n) is 4.71. The van der Waals surface area contributed by atoms with E-state index in [0.717, 1.165) is 23.4 Å². The standard InChI is InChI=1S/C20H22F2N2O4S/c1-2-28-16-5-3-15(4-6-16)13-20(25)23-9-11-24(12-10-23)29(26,27)17-7-8-18(21)19(22)14-17/h3-8,14H,2,9-13H2,1H3. The number of hydrogen-bond acceptors (Lipinski definition) is 4. The van der Waals surface area contributed by atoms with Crippen LogP contribution in [0.5, 0.6) is 5.75 Å². The summed E-state index contributed by atoms with van der Waals surface area (Å²) < 4.78 is 58.3. The second-order valence-corrected chi connectivity index (χ2v) is 8.55. The minimum absolute atomic E-state index is 0.0936. The predicted molar refractivity (Wildman–Crippen MR) is 103 cm³/mol. The first-order valence-corrected chi connectivity index (χ1v) is 10.7. The van der Waals surface area contributed by atoms with Gasteiger partial charge in [0, 0.05) is 26.2 Å². The van der Waals surface area contributed by atoms with Crippen molar-refractivity contribution in [3.05, 3.63) is 59.7 Å². The number of nitrogens with zero attached hydrogens (tertiary/aromatic N) is 2. The maximum Gasteiger partial charge on any atom is 0.243 e. The van der Waals surface area contributed by atoms with E-state index in [1.807, 2.05) is 19.1 Å². The molecule has 0 spiro atoms. The second kappa shape index (κ2) is 8.87. The van der Waals surface area contributed by atoms with Crippen molar-refractivity contribution in [1.82, 2.24) is 9.21 Å². The van der Waals surface area contributed by atoms with Crippen LogP contribution in [0.15, 0.2) is 47.4 Å². The minimum atomic E-state index is -3.94. The van der Waals surface area contributed by atoms with E-state index in [2.05, 4.69) is 0 Å². The molecule has 0 atom stereocenters. The minimum Gasteiger partial charge on any atom is -0.494 e. The smallest absolute Gasteiger partial charge is 0.243 e. The molecule has 1 fully saturated rings. The fraction of sp³-hybridized carbons (Fsp3) is 0.350. The summed E-state index contributed by atoms with van der Waals surface area (Å²) in [6, 6.07) is 9.76. The van der Waals surface area contributed by atoms with Gasteiger partial charge in [-0.1, -0.05) is 12.1 Å². The number of benzene rings is 2. The third kappa shape index (κ3) is 4.91. The molecule has 9 heteroatoms. The van der Waals surface area contributed by atoms with Gasteiger partial charge in [-0.15, -0.1) is 0 Å². The molecular weight excluding hydrogens is 402 g/mol. The highest BCUT2D eigenvalue weighted by Crippen LogP contribution is 2.20. The van der Waals surface area contributed by atoms with Gasteiger partial charge in [0.05, 0.1) is 17.9 Å². The number of sulfonamides is 1. The number of ether oxygens (including phenoxy) is 1. The summed E-state index contributed by atoms with van der Waals surface area (Å²) in [7, 11) is -3.94. The summed E-state index contributed by atoms with van der Waals surface area (Å²) in [6.07, 6.45) is 0.211. The number of hydrogen-bond donors (Lipinski definition) is 0. The van der Waals surface area contributed by atoms with Gasteiger partial charge in [0.15, 0.2) is 11.6 Å². The molecule has 1 amide bonds. The van der Waals surface area contributed by atoms with Crippen molar-refractivity contribution in [2.45, 2.75) is 18.2 Å². The Labute approximate surface area is 168 Å². The second-order valence-electron chi connectivity index (χ2n) is 6.61. The predicted octanol–water partition coefficient (Wildman–Crippen LogP) is 2.44. The summed E-state index contributed by atoms with van der Waals surface area (Å²) >= 11 is 0. The maximum absolute atomic E-state index is 13.4. The number of amides is 1. The first kappa shape index (κ1) is 21.2. The molecule has 2 aromatic carbocycles. The van der Waals surface area contributed by atoms with Crippen molar-refractivity contribution >= 4 is 15.9 Å². The number of carbonyl (C=O) groups excluding carboxylic acids is 1. The van der Waals surface area contributed by atoms with Crippen molar-refractivity contribution in [3.8, 4) is 5.75 Å². The van der Waals surface area contributed by atoms with E-state index in [-0.39, 0.29) is 43.4 Å². The molecule has 0 N–H and O–H groups in total. The Kier molecular flexibility index (Phi) is 6.49. The van der Waals surface area contributed by atoms with E-state index in [1.54, 1.807) is 17.0 Å². The van der Waals surface area contributed by atoms with Gasteiger partial charge in [0.1, 0.15) is 5.75 Å². The quantitative estimate of drug-likeness (QED) is 0.715. The first-order valence-electron chi connectivity index (χ1n) is 9.26. The normalized spacial score (nSPS) is 15.3. The van der Waals surface area contributed by atoms with Crippen LogP contribution in [0.2, 0.25) is 0 Å². The third-order valence-corrected chi connectivity index (χ3v) is 6.60. The molecule has 0 unspecified atom stereocenters. The molecule has 0 bridgehead atoms. The largest absolute Gasteiger partial charge is 0.494 e. The fourth-order valence-electron chi connectivity index (χ4n) is 3.12. The lowest BCUT2D eigenvalue weighted by Gasteiger charge is -2.34. The Balaban J connectivity index is 1.59. The van der Waals surface area contributed by atoms with Gasteiger partial charge in [-0.05, 0) is 42.8 Å². The van der Waals surface area contributed by atoms with Crippen LogP contribution < -0.4 is 4.74 Å². The average molecular weight is 424 g/mol. The summed E-state index contributed by atoms with van der Waals surface area (Å²) in [5, 5.41) is 0. The van der Waals surface area contributed by atoms with Crippen LogP contribution in [0, 0.1) is 11.6 Å². The lowest BCUT2D eigenvalue weighted by molar-refractivity contribution is -0.131. The lowest BCUT2D eigenvalue weighted by atomic mass is 10.1. The molecule has 1 heterocycles. The summed E-state index contributed by atoms with van der Waals surface area (Å²) in [4.78, 5) is 13.8. The molecule has 156 valence electrons. The Bertz CT molecular complexity index is 972. The van der Waals surface area contributed by atoms with Gasteiger partial charge in [-0.25, -0.2) is 17.2 Å². The highest BCUT2D eigenvalue weighted by molar-refractivity contribution is 7.89. The van der Waals surface area contributed by atoms with E-state index < -0.39 is 21.7 Å². The van der Waals surface area contributed by atoms with Crippen molar-refractivity contribution in [2.75, 3.05) is 32.8 Å². The van der Waals surface area contributed by atoms with Crippen LogP contribution in [0.4, 0.5) is 8.78 Å². The van der Waals surface area contributed by atoms with E-state index in [1.165, 1.54) is 4.31 Å². The molecule has 3 rings (SSSR count). The van der Waals surface area contributed by atoms with E-state index in [9.17, 15) is 22.0 Å². The topological polar surface area (TPSA) is 66.9 Å². The Hall–Kier alpha value is -2.52. The van der Waals surface area contributed by atoms with Crippen LogP contribution in [0.3, 0.4) is 0 Å². The fourth-order valence-corrected chi connectivity index (χ4v) is 4.56. The van der Waals surface area contributed by atoms with Crippen LogP contribution in [0.1, 0.15) is 12.5 Å². The Morgan fingerprint density at radius 3 is 2.24 bits per heavy atom. The molecule has 0 radical (unpaired) electrons. The molecule has 6 nitrogen and oxygen atoms in total. The van der Waals surface area contributed by atoms with Crippen LogP contribution in [0.25, 0.3) is 0 Å². The zero-order chi connectivity index (χ0) is 21.0. The summed E-state index contributed by atoms with van der Waals surface area (Å²) in [5.74, 6) is -1.68. The van der Waals surface area contributed by atoms with Crippen LogP contribution >= 0.6 is 0 Å². The zero-order valence-electron chi connectivity index (χ0n) is 16.0. The summed E-state index contributed by atoms with van der Waals surface area (Å²) in [6.45, 7) is 3.12. The van der Waals surface area contributed by atoms with E-state index >= 15 is 0 Å². The number of rotatable bonds is 6. The highest BCUT2D eigenvalue weighted by Gasteiger charge is 2.30. The van der Waals surface area contributed by atoms with Crippen molar-refractivity contribution in [3.63, 3.8) is 0 Å². The van der Waals surface area contributed by atoms with Crippen molar-refractivity contribution < 1.29 is 26.7 Å². The van der Waals surface area contributed by atoms with Gasteiger partial charge in [-0.3, -0.25) is 4.79 Å². The molecule has 29 heavy (non-hydrogen) atoms. The monoisotopic (exact) mass is 424 g/mol. The van der Waals surface area contributed by atoms with Gasteiger partial charge in [0.2, 0.25) is 15.9 Å².